The van der Waals surface area contributed by atoms with Crippen LogP contribution in [-0.4, -0.2) is 23.2 Å². The Morgan fingerprint density at radius 3 is 2.73 bits per heavy atom. The minimum Gasteiger partial charge on any atom is -0.374 e. The van der Waals surface area contributed by atoms with Gasteiger partial charge in [-0.05, 0) is 37.2 Å². The van der Waals surface area contributed by atoms with E-state index in [-0.39, 0.29) is 11.8 Å². The smallest absolute Gasteiger partial charge is 0.271 e. The van der Waals surface area contributed by atoms with E-state index in [1.165, 1.54) is 18.2 Å². The molecular weight excluding hydrogens is 374 g/mol. The van der Waals surface area contributed by atoms with Gasteiger partial charge in [-0.3, -0.25) is 10.1 Å². The van der Waals surface area contributed by atoms with Gasteiger partial charge in [-0.25, -0.2) is 0 Å². The van der Waals surface area contributed by atoms with Crippen LogP contribution in [0.25, 0.3) is 0 Å². The standard InChI is InChI=1S/C18H20ClN3O3S/c1-13(14-6-3-2-4-7-14)25-11-5-10-20-18(26)21-17-12-15(22(23)24)8-9-16(17)19/h2-4,6-9,12-13H,5,10-11H2,1H3,(H2,20,21,26)/t13-/m0/s1. The first kappa shape index (κ1) is 20.1. The molecule has 2 rings (SSSR count). The molecule has 1 atom stereocenters. The Morgan fingerprint density at radius 2 is 2.04 bits per heavy atom. The van der Waals surface area contributed by atoms with E-state index in [0.717, 1.165) is 12.0 Å². The normalized spacial score (nSPS) is 11.6. The van der Waals surface area contributed by atoms with Crippen molar-refractivity contribution in [2.75, 3.05) is 18.5 Å². The van der Waals surface area contributed by atoms with Crippen LogP contribution in [0.5, 0.6) is 0 Å². The molecule has 26 heavy (non-hydrogen) atoms. The van der Waals surface area contributed by atoms with Crippen LogP contribution in [0, 0.1) is 10.1 Å². The van der Waals surface area contributed by atoms with E-state index < -0.39 is 4.92 Å². The predicted octanol–water partition coefficient (Wildman–Crippen LogP) is 4.70. The summed E-state index contributed by atoms with van der Waals surface area (Å²) in [6.45, 7) is 3.21. The Hall–Kier alpha value is -2.22. The molecule has 0 heterocycles. The number of nitro benzene ring substituents is 1. The van der Waals surface area contributed by atoms with Crippen LogP contribution in [0.4, 0.5) is 11.4 Å². The maximum absolute atomic E-state index is 10.8. The highest BCUT2D eigenvalue weighted by molar-refractivity contribution is 7.80. The van der Waals surface area contributed by atoms with Crippen LogP contribution in [0.3, 0.4) is 0 Å². The summed E-state index contributed by atoms with van der Waals surface area (Å²) in [5, 5.41) is 17.4. The molecule has 0 bridgehead atoms. The Balaban J connectivity index is 1.71. The third kappa shape index (κ3) is 6.25. The molecule has 138 valence electrons. The van der Waals surface area contributed by atoms with E-state index >= 15 is 0 Å². The molecule has 8 heteroatoms. The molecular formula is C18H20ClN3O3S. The van der Waals surface area contributed by atoms with Crippen LogP contribution in [-0.2, 0) is 4.74 Å². The van der Waals surface area contributed by atoms with Crippen molar-refractivity contribution in [2.45, 2.75) is 19.4 Å². The van der Waals surface area contributed by atoms with E-state index in [1.54, 1.807) is 0 Å². The van der Waals surface area contributed by atoms with Gasteiger partial charge in [-0.1, -0.05) is 41.9 Å². The number of ether oxygens (including phenoxy) is 1. The third-order valence-electron chi connectivity index (χ3n) is 3.65. The highest BCUT2D eigenvalue weighted by atomic mass is 35.5. The zero-order valence-electron chi connectivity index (χ0n) is 14.3. The monoisotopic (exact) mass is 393 g/mol. The minimum atomic E-state index is -0.483. The second kappa shape index (κ2) is 10.1. The molecule has 0 aliphatic heterocycles. The van der Waals surface area contributed by atoms with Crippen molar-refractivity contribution in [1.29, 1.82) is 0 Å². The minimum absolute atomic E-state index is 0.0324. The summed E-state index contributed by atoms with van der Waals surface area (Å²) in [5.41, 5.74) is 1.48. The molecule has 0 amide bonds. The molecule has 2 aromatic carbocycles. The van der Waals surface area contributed by atoms with E-state index in [9.17, 15) is 10.1 Å². The first-order chi connectivity index (χ1) is 12.5. The third-order valence-corrected chi connectivity index (χ3v) is 4.23. The molecule has 0 fully saturated rings. The van der Waals surface area contributed by atoms with Gasteiger partial charge in [0.1, 0.15) is 0 Å². The second-order valence-electron chi connectivity index (χ2n) is 5.58. The van der Waals surface area contributed by atoms with Crippen LogP contribution in [0.1, 0.15) is 25.0 Å². The van der Waals surface area contributed by atoms with Crippen LogP contribution >= 0.6 is 23.8 Å². The Kier molecular flexibility index (Phi) is 7.77. The van der Waals surface area contributed by atoms with Gasteiger partial charge >= 0.3 is 0 Å². The second-order valence-corrected chi connectivity index (χ2v) is 6.39. The molecule has 0 aliphatic carbocycles. The fraction of sp³-hybridized carbons (Fsp3) is 0.278. The lowest BCUT2D eigenvalue weighted by molar-refractivity contribution is -0.384. The number of thiocarbonyl (C=S) groups is 1. The molecule has 0 aliphatic rings. The van der Waals surface area contributed by atoms with E-state index in [1.807, 2.05) is 37.3 Å². The molecule has 0 aromatic heterocycles. The van der Waals surface area contributed by atoms with Crippen molar-refractivity contribution in [1.82, 2.24) is 5.32 Å². The summed E-state index contributed by atoms with van der Waals surface area (Å²) in [4.78, 5) is 10.3. The van der Waals surface area contributed by atoms with E-state index in [4.69, 9.17) is 28.6 Å². The number of hydrogen-bond acceptors (Lipinski definition) is 4. The average molecular weight is 394 g/mol. The molecule has 0 unspecified atom stereocenters. The molecule has 0 saturated carbocycles. The first-order valence-electron chi connectivity index (χ1n) is 8.12. The van der Waals surface area contributed by atoms with Crippen LogP contribution in [0.15, 0.2) is 48.5 Å². The summed E-state index contributed by atoms with van der Waals surface area (Å²) >= 11 is 11.2. The Labute approximate surface area is 162 Å². The maximum atomic E-state index is 10.8. The van der Waals surface area contributed by atoms with Crippen molar-refractivity contribution < 1.29 is 9.66 Å². The van der Waals surface area contributed by atoms with Gasteiger partial charge in [0.15, 0.2) is 5.11 Å². The van der Waals surface area contributed by atoms with Crippen LogP contribution in [0.2, 0.25) is 5.02 Å². The van der Waals surface area contributed by atoms with Gasteiger partial charge < -0.3 is 15.4 Å². The van der Waals surface area contributed by atoms with Crippen molar-refractivity contribution in [3.05, 3.63) is 69.2 Å². The topological polar surface area (TPSA) is 76.4 Å². The van der Waals surface area contributed by atoms with E-state index in [0.29, 0.717) is 29.0 Å². The molecule has 0 saturated heterocycles. The summed E-state index contributed by atoms with van der Waals surface area (Å²) in [6.07, 6.45) is 0.798. The lowest BCUT2D eigenvalue weighted by atomic mass is 10.1. The number of benzene rings is 2. The molecule has 0 spiro atoms. The van der Waals surface area contributed by atoms with Gasteiger partial charge in [-0.2, -0.15) is 0 Å². The largest absolute Gasteiger partial charge is 0.374 e. The van der Waals surface area contributed by atoms with Crippen molar-refractivity contribution in [3.8, 4) is 0 Å². The summed E-state index contributed by atoms with van der Waals surface area (Å²) in [5.74, 6) is 0. The van der Waals surface area contributed by atoms with Crippen molar-refractivity contribution >= 4 is 40.3 Å². The van der Waals surface area contributed by atoms with Gasteiger partial charge in [-0.15, -0.1) is 0 Å². The average Bonchev–Trinajstić information content (AvgIpc) is 2.63. The molecule has 2 N–H and O–H groups in total. The van der Waals surface area contributed by atoms with Gasteiger partial charge in [0, 0.05) is 25.3 Å². The zero-order chi connectivity index (χ0) is 18.9. The number of rotatable bonds is 8. The number of non-ortho nitro benzene ring substituents is 1. The molecule has 2 aromatic rings. The van der Waals surface area contributed by atoms with Crippen LogP contribution < -0.4 is 10.6 Å². The van der Waals surface area contributed by atoms with Gasteiger partial charge in [0.2, 0.25) is 0 Å². The SMILES string of the molecule is C[C@H](OCCCNC(=S)Nc1cc([N+](=O)[O-])ccc1Cl)c1ccccc1. The fourth-order valence-corrected chi connectivity index (χ4v) is 2.62. The number of anilines is 1. The molecule has 0 radical (unpaired) electrons. The predicted molar refractivity (Wildman–Crippen MR) is 108 cm³/mol. The number of hydrogen-bond donors (Lipinski definition) is 2. The van der Waals surface area contributed by atoms with Gasteiger partial charge in [0.25, 0.3) is 5.69 Å². The molecule has 6 nitrogen and oxygen atoms in total. The number of nitro groups is 1. The summed E-state index contributed by atoms with van der Waals surface area (Å²) in [6, 6.07) is 14.2. The Bertz CT molecular complexity index is 759. The van der Waals surface area contributed by atoms with Gasteiger partial charge in [0.05, 0.1) is 21.7 Å². The summed E-state index contributed by atoms with van der Waals surface area (Å²) < 4.78 is 5.79. The highest BCUT2D eigenvalue weighted by Gasteiger charge is 2.10. The summed E-state index contributed by atoms with van der Waals surface area (Å²) in [7, 11) is 0. The fourth-order valence-electron chi connectivity index (χ4n) is 2.24. The Morgan fingerprint density at radius 1 is 1.31 bits per heavy atom. The van der Waals surface area contributed by atoms with Crippen molar-refractivity contribution in [2.24, 2.45) is 0 Å². The maximum Gasteiger partial charge on any atom is 0.271 e. The van der Waals surface area contributed by atoms with E-state index in [2.05, 4.69) is 10.6 Å². The number of nitrogens with one attached hydrogen (secondary N) is 2. The lowest BCUT2D eigenvalue weighted by Gasteiger charge is -2.14. The highest BCUT2D eigenvalue weighted by Crippen LogP contribution is 2.26. The zero-order valence-corrected chi connectivity index (χ0v) is 15.8. The lowest BCUT2D eigenvalue weighted by Crippen LogP contribution is -2.30. The van der Waals surface area contributed by atoms with Crippen molar-refractivity contribution in [3.63, 3.8) is 0 Å². The number of halogens is 1. The quantitative estimate of drug-likeness (QED) is 0.293. The number of nitrogens with zero attached hydrogens (tertiary/aromatic N) is 1. The first-order valence-corrected chi connectivity index (χ1v) is 8.91.